The minimum atomic E-state index is -0.432. The molecule has 1 aromatic heterocycles. The Labute approximate surface area is 146 Å². The van der Waals surface area contributed by atoms with Crippen LogP contribution in [0.2, 0.25) is 0 Å². The zero-order chi connectivity index (χ0) is 17.6. The molecule has 1 heterocycles. The van der Waals surface area contributed by atoms with Gasteiger partial charge in [-0.25, -0.2) is 4.68 Å². The van der Waals surface area contributed by atoms with Crippen LogP contribution >= 0.6 is 0 Å². The number of carbonyl (C=O) groups excluding carboxylic acids is 1. The summed E-state index contributed by atoms with van der Waals surface area (Å²) in [6.07, 6.45) is 3.54. The van der Waals surface area contributed by atoms with Gasteiger partial charge in [0.2, 0.25) is 5.91 Å². The molecule has 0 fully saturated rings. The van der Waals surface area contributed by atoms with Crippen molar-refractivity contribution in [1.82, 2.24) is 9.78 Å². The summed E-state index contributed by atoms with van der Waals surface area (Å²) < 4.78 is 7.01. The molecule has 1 amide bonds. The van der Waals surface area contributed by atoms with E-state index in [0.29, 0.717) is 11.4 Å². The van der Waals surface area contributed by atoms with E-state index in [1.165, 1.54) is 0 Å². The van der Waals surface area contributed by atoms with E-state index in [4.69, 9.17) is 4.74 Å². The fourth-order valence-electron chi connectivity index (χ4n) is 2.42. The summed E-state index contributed by atoms with van der Waals surface area (Å²) in [7, 11) is 1.57. The summed E-state index contributed by atoms with van der Waals surface area (Å²) >= 11 is 0. The lowest BCUT2D eigenvalue weighted by Crippen LogP contribution is -2.31. The largest absolute Gasteiger partial charge is 0.495 e. The number of nitrogens with zero attached hydrogens (tertiary/aromatic N) is 2. The van der Waals surface area contributed by atoms with Gasteiger partial charge in [0.15, 0.2) is 0 Å². The minimum Gasteiger partial charge on any atom is -0.495 e. The van der Waals surface area contributed by atoms with Gasteiger partial charge in [-0.1, -0.05) is 30.3 Å². The molecule has 3 rings (SSSR count). The van der Waals surface area contributed by atoms with Gasteiger partial charge in [-0.15, -0.1) is 0 Å². The van der Waals surface area contributed by atoms with Crippen molar-refractivity contribution in [3.8, 4) is 11.4 Å². The molecule has 128 valence electrons. The van der Waals surface area contributed by atoms with E-state index in [1.54, 1.807) is 37.0 Å². The Kier molecular flexibility index (Phi) is 4.99. The number of hydrogen-bond donors (Lipinski definition) is 2. The molecule has 0 aliphatic heterocycles. The average molecular weight is 336 g/mol. The second-order valence-corrected chi connectivity index (χ2v) is 5.56. The molecule has 2 aromatic carbocycles. The van der Waals surface area contributed by atoms with Gasteiger partial charge in [-0.3, -0.25) is 4.79 Å². The predicted molar refractivity (Wildman–Crippen MR) is 98.3 cm³/mol. The molecular weight excluding hydrogens is 316 g/mol. The van der Waals surface area contributed by atoms with Crippen molar-refractivity contribution in [1.29, 1.82) is 0 Å². The summed E-state index contributed by atoms with van der Waals surface area (Å²) in [6, 6.07) is 16.7. The molecule has 0 spiro atoms. The summed E-state index contributed by atoms with van der Waals surface area (Å²) in [5.41, 5.74) is 2.37. The van der Waals surface area contributed by atoms with Crippen molar-refractivity contribution in [2.45, 2.75) is 13.0 Å². The fraction of sp³-hybridized carbons (Fsp3) is 0.158. The maximum absolute atomic E-state index is 12.4. The topological polar surface area (TPSA) is 68.2 Å². The maximum Gasteiger partial charge on any atom is 0.246 e. The number of nitrogens with one attached hydrogen (secondary N) is 2. The number of methoxy groups -OCH3 is 1. The molecule has 2 N–H and O–H groups in total. The van der Waals surface area contributed by atoms with Crippen LogP contribution < -0.4 is 15.4 Å². The second kappa shape index (κ2) is 7.53. The number of rotatable bonds is 6. The first-order chi connectivity index (χ1) is 12.2. The lowest BCUT2D eigenvalue weighted by atomic mass is 10.2. The molecule has 0 unspecified atom stereocenters. The maximum atomic E-state index is 12.4. The zero-order valence-electron chi connectivity index (χ0n) is 14.1. The SMILES string of the molecule is COc1ccccc1NC(=O)[C@H](C)Nc1cnn(-c2ccccc2)c1. The van der Waals surface area contributed by atoms with E-state index in [9.17, 15) is 4.79 Å². The van der Waals surface area contributed by atoms with Gasteiger partial charge in [-0.05, 0) is 31.2 Å². The number of anilines is 2. The van der Waals surface area contributed by atoms with Crippen LogP contribution in [-0.2, 0) is 4.79 Å². The van der Waals surface area contributed by atoms with Crippen molar-refractivity contribution in [3.63, 3.8) is 0 Å². The van der Waals surface area contributed by atoms with Crippen molar-refractivity contribution in [2.75, 3.05) is 17.7 Å². The molecular formula is C19H20N4O2. The normalized spacial score (nSPS) is 11.6. The third kappa shape index (κ3) is 3.98. The van der Waals surface area contributed by atoms with Gasteiger partial charge in [0.05, 0.1) is 36.6 Å². The third-order valence-corrected chi connectivity index (χ3v) is 3.74. The van der Waals surface area contributed by atoms with E-state index < -0.39 is 6.04 Å². The van der Waals surface area contributed by atoms with E-state index in [1.807, 2.05) is 48.7 Å². The number of ether oxygens (including phenoxy) is 1. The molecule has 1 atom stereocenters. The lowest BCUT2D eigenvalue weighted by molar-refractivity contribution is -0.116. The highest BCUT2D eigenvalue weighted by Gasteiger charge is 2.15. The molecule has 0 saturated carbocycles. The van der Waals surface area contributed by atoms with Gasteiger partial charge < -0.3 is 15.4 Å². The zero-order valence-corrected chi connectivity index (χ0v) is 14.1. The minimum absolute atomic E-state index is 0.156. The highest BCUT2D eigenvalue weighted by Crippen LogP contribution is 2.23. The van der Waals surface area contributed by atoms with Crippen LogP contribution in [0.3, 0.4) is 0 Å². The molecule has 3 aromatic rings. The summed E-state index contributed by atoms with van der Waals surface area (Å²) in [5, 5.41) is 10.3. The Morgan fingerprint density at radius 3 is 2.60 bits per heavy atom. The lowest BCUT2D eigenvalue weighted by Gasteiger charge is -2.15. The number of amides is 1. The number of para-hydroxylation sites is 3. The van der Waals surface area contributed by atoms with Gasteiger partial charge in [0.25, 0.3) is 0 Å². The quantitative estimate of drug-likeness (QED) is 0.724. The van der Waals surface area contributed by atoms with E-state index in [-0.39, 0.29) is 5.91 Å². The number of benzene rings is 2. The Balaban J connectivity index is 1.65. The first-order valence-electron chi connectivity index (χ1n) is 7.98. The summed E-state index contributed by atoms with van der Waals surface area (Å²) in [4.78, 5) is 12.4. The number of hydrogen-bond acceptors (Lipinski definition) is 4. The van der Waals surface area contributed by atoms with Gasteiger partial charge in [-0.2, -0.15) is 5.10 Å². The molecule has 0 bridgehead atoms. The standard InChI is InChI=1S/C19H20N4O2/c1-14(19(24)22-17-10-6-7-11-18(17)25-2)21-15-12-20-23(13-15)16-8-4-3-5-9-16/h3-14,21H,1-2H3,(H,22,24)/t14-/m0/s1. The van der Waals surface area contributed by atoms with Gasteiger partial charge >= 0.3 is 0 Å². The highest BCUT2D eigenvalue weighted by molar-refractivity contribution is 5.97. The van der Waals surface area contributed by atoms with Crippen LogP contribution in [0.5, 0.6) is 5.75 Å². The molecule has 0 aliphatic rings. The van der Waals surface area contributed by atoms with Gasteiger partial charge in [0.1, 0.15) is 11.8 Å². The van der Waals surface area contributed by atoms with Crippen molar-refractivity contribution >= 4 is 17.3 Å². The summed E-state index contributed by atoms with van der Waals surface area (Å²) in [5.74, 6) is 0.469. The first-order valence-corrected chi connectivity index (χ1v) is 7.98. The Morgan fingerprint density at radius 1 is 1.12 bits per heavy atom. The summed E-state index contributed by atoms with van der Waals surface area (Å²) in [6.45, 7) is 1.80. The van der Waals surface area contributed by atoms with Crippen LogP contribution in [0.4, 0.5) is 11.4 Å². The van der Waals surface area contributed by atoms with E-state index in [0.717, 1.165) is 11.4 Å². The first kappa shape index (κ1) is 16.6. The van der Waals surface area contributed by atoms with E-state index >= 15 is 0 Å². The van der Waals surface area contributed by atoms with Crippen molar-refractivity contribution in [3.05, 3.63) is 67.0 Å². The fourth-order valence-corrected chi connectivity index (χ4v) is 2.42. The van der Waals surface area contributed by atoms with Crippen LogP contribution in [0, 0.1) is 0 Å². The smallest absolute Gasteiger partial charge is 0.246 e. The molecule has 0 saturated heterocycles. The molecule has 25 heavy (non-hydrogen) atoms. The molecule has 0 aliphatic carbocycles. The van der Waals surface area contributed by atoms with Crippen LogP contribution in [0.15, 0.2) is 67.0 Å². The predicted octanol–water partition coefficient (Wildman–Crippen LogP) is 3.32. The van der Waals surface area contributed by atoms with Crippen molar-refractivity contribution in [2.24, 2.45) is 0 Å². The van der Waals surface area contributed by atoms with Gasteiger partial charge in [0, 0.05) is 0 Å². The molecule has 6 heteroatoms. The Hall–Kier alpha value is -3.28. The van der Waals surface area contributed by atoms with Crippen molar-refractivity contribution < 1.29 is 9.53 Å². The highest BCUT2D eigenvalue weighted by atomic mass is 16.5. The second-order valence-electron chi connectivity index (χ2n) is 5.56. The van der Waals surface area contributed by atoms with Crippen LogP contribution in [-0.4, -0.2) is 28.8 Å². The van der Waals surface area contributed by atoms with Crippen LogP contribution in [0.25, 0.3) is 5.69 Å². The number of aromatic nitrogens is 2. The average Bonchev–Trinajstić information content (AvgIpc) is 3.11. The Bertz CT molecular complexity index is 845. The molecule has 0 radical (unpaired) electrons. The monoisotopic (exact) mass is 336 g/mol. The number of carbonyl (C=O) groups is 1. The molecule has 6 nitrogen and oxygen atoms in total. The van der Waals surface area contributed by atoms with Crippen LogP contribution in [0.1, 0.15) is 6.92 Å². The Morgan fingerprint density at radius 2 is 1.84 bits per heavy atom. The van der Waals surface area contributed by atoms with E-state index in [2.05, 4.69) is 15.7 Å². The third-order valence-electron chi connectivity index (χ3n) is 3.74.